The first-order valence-electron chi connectivity index (χ1n) is 4.10. The zero-order valence-corrected chi connectivity index (χ0v) is 7.35. The van der Waals surface area contributed by atoms with Crippen LogP contribution in [0, 0.1) is 0 Å². The van der Waals surface area contributed by atoms with Gasteiger partial charge < -0.3 is 0 Å². The van der Waals surface area contributed by atoms with Crippen molar-refractivity contribution in [2.24, 2.45) is 5.11 Å². The fourth-order valence-electron chi connectivity index (χ4n) is 1.10. The summed E-state index contributed by atoms with van der Waals surface area (Å²) in [4.78, 5) is 2.40. The van der Waals surface area contributed by atoms with E-state index < -0.39 is 12.5 Å². The van der Waals surface area contributed by atoms with Crippen LogP contribution in [0.1, 0.15) is 5.56 Å². The maximum Gasteiger partial charge on any atom is 0.247 e. The zero-order chi connectivity index (χ0) is 10.4. The SMILES string of the molecule is [N-]=[N+]=NC(Cc1ccccc1)C(F)F. The molecule has 74 valence electrons. The van der Waals surface area contributed by atoms with E-state index in [9.17, 15) is 8.78 Å². The summed E-state index contributed by atoms with van der Waals surface area (Å²) in [7, 11) is 0. The van der Waals surface area contributed by atoms with Gasteiger partial charge in [0.2, 0.25) is 6.43 Å². The summed E-state index contributed by atoms with van der Waals surface area (Å²) in [5, 5.41) is 3.05. The lowest BCUT2D eigenvalue weighted by atomic mass is 10.1. The molecule has 0 saturated carbocycles. The molecular weight excluding hydrogens is 188 g/mol. The van der Waals surface area contributed by atoms with E-state index in [0.29, 0.717) is 0 Å². The van der Waals surface area contributed by atoms with E-state index in [1.54, 1.807) is 30.3 Å². The molecule has 0 spiro atoms. The highest BCUT2D eigenvalue weighted by Gasteiger charge is 2.18. The molecule has 0 aromatic heterocycles. The molecule has 0 aliphatic rings. The number of nitrogens with zero attached hydrogens (tertiary/aromatic N) is 3. The fourth-order valence-corrected chi connectivity index (χ4v) is 1.10. The van der Waals surface area contributed by atoms with Crippen LogP contribution < -0.4 is 0 Å². The Bertz CT molecular complexity index is 320. The zero-order valence-electron chi connectivity index (χ0n) is 7.35. The van der Waals surface area contributed by atoms with Crippen molar-refractivity contribution >= 4 is 0 Å². The smallest absolute Gasteiger partial charge is 0.210 e. The molecule has 0 radical (unpaired) electrons. The second-order valence-corrected chi connectivity index (χ2v) is 2.80. The van der Waals surface area contributed by atoms with Crippen LogP contribution in [-0.4, -0.2) is 12.5 Å². The van der Waals surface area contributed by atoms with Gasteiger partial charge in [-0.05, 0) is 17.5 Å². The van der Waals surface area contributed by atoms with E-state index in [1.165, 1.54) is 0 Å². The second-order valence-electron chi connectivity index (χ2n) is 2.80. The van der Waals surface area contributed by atoms with Crippen LogP contribution in [0.4, 0.5) is 8.78 Å². The highest BCUT2D eigenvalue weighted by atomic mass is 19.3. The molecule has 1 aromatic carbocycles. The Labute approximate surface area is 80.0 Å². The molecule has 1 atom stereocenters. The van der Waals surface area contributed by atoms with Crippen LogP contribution in [0.5, 0.6) is 0 Å². The van der Waals surface area contributed by atoms with Crippen LogP contribution in [0.25, 0.3) is 10.4 Å². The first-order chi connectivity index (χ1) is 6.74. The Morgan fingerprint density at radius 1 is 1.29 bits per heavy atom. The molecule has 1 unspecified atom stereocenters. The minimum atomic E-state index is -2.62. The van der Waals surface area contributed by atoms with Crippen molar-refractivity contribution in [1.29, 1.82) is 0 Å². The Hall–Kier alpha value is -1.61. The number of benzene rings is 1. The summed E-state index contributed by atoms with van der Waals surface area (Å²) < 4.78 is 24.6. The first kappa shape index (κ1) is 10.5. The van der Waals surface area contributed by atoms with Crippen LogP contribution >= 0.6 is 0 Å². The molecular formula is C9H9F2N3. The van der Waals surface area contributed by atoms with Gasteiger partial charge in [-0.1, -0.05) is 35.4 Å². The monoisotopic (exact) mass is 197 g/mol. The Morgan fingerprint density at radius 3 is 2.43 bits per heavy atom. The summed E-state index contributed by atoms with van der Waals surface area (Å²) in [5.41, 5.74) is 8.83. The van der Waals surface area contributed by atoms with Gasteiger partial charge in [0.25, 0.3) is 0 Å². The maximum atomic E-state index is 12.3. The van der Waals surface area contributed by atoms with Gasteiger partial charge in [0.1, 0.15) is 6.04 Å². The van der Waals surface area contributed by atoms with E-state index in [2.05, 4.69) is 10.0 Å². The van der Waals surface area contributed by atoms with Crippen molar-refractivity contribution in [3.05, 3.63) is 46.3 Å². The van der Waals surface area contributed by atoms with Crippen molar-refractivity contribution in [2.45, 2.75) is 18.9 Å². The third-order valence-electron chi connectivity index (χ3n) is 1.78. The maximum absolute atomic E-state index is 12.3. The van der Waals surface area contributed by atoms with E-state index in [4.69, 9.17) is 5.53 Å². The Morgan fingerprint density at radius 2 is 1.93 bits per heavy atom. The van der Waals surface area contributed by atoms with E-state index in [-0.39, 0.29) is 6.42 Å². The lowest BCUT2D eigenvalue weighted by Gasteiger charge is -2.08. The van der Waals surface area contributed by atoms with Gasteiger partial charge >= 0.3 is 0 Å². The highest BCUT2D eigenvalue weighted by Crippen LogP contribution is 2.12. The minimum absolute atomic E-state index is 0.0720. The van der Waals surface area contributed by atoms with Crippen molar-refractivity contribution in [3.63, 3.8) is 0 Å². The molecule has 5 heteroatoms. The third kappa shape index (κ3) is 3.03. The lowest BCUT2D eigenvalue weighted by molar-refractivity contribution is 0.116. The van der Waals surface area contributed by atoms with Gasteiger partial charge in [-0.15, -0.1) is 0 Å². The molecule has 0 amide bonds. The second kappa shape index (κ2) is 5.19. The molecule has 0 aliphatic heterocycles. The predicted octanol–water partition coefficient (Wildman–Crippen LogP) is 3.17. The molecule has 3 nitrogen and oxygen atoms in total. The number of alkyl halides is 2. The minimum Gasteiger partial charge on any atom is -0.210 e. The van der Waals surface area contributed by atoms with Crippen LogP contribution in [0.3, 0.4) is 0 Å². The van der Waals surface area contributed by atoms with Crippen LogP contribution in [-0.2, 0) is 6.42 Å². The average molecular weight is 197 g/mol. The summed E-state index contributed by atoms with van der Waals surface area (Å²) in [6.45, 7) is 0. The normalized spacial score (nSPS) is 12.2. The van der Waals surface area contributed by atoms with Gasteiger partial charge in [0, 0.05) is 4.91 Å². The van der Waals surface area contributed by atoms with Crippen molar-refractivity contribution in [1.82, 2.24) is 0 Å². The molecule has 0 bridgehead atoms. The number of hydrogen-bond donors (Lipinski definition) is 0. The molecule has 1 aromatic rings. The number of hydrogen-bond acceptors (Lipinski definition) is 1. The molecule has 1 rings (SSSR count). The summed E-state index contributed by atoms with van der Waals surface area (Å²) in [6, 6.07) is 7.49. The van der Waals surface area contributed by atoms with Crippen molar-refractivity contribution < 1.29 is 8.78 Å². The van der Waals surface area contributed by atoms with Crippen molar-refractivity contribution in [2.75, 3.05) is 0 Å². The van der Waals surface area contributed by atoms with Crippen LogP contribution in [0.15, 0.2) is 35.4 Å². The standard InChI is InChI=1S/C9H9F2N3/c10-9(11)8(13-14-12)6-7-4-2-1-3-5-7/h1-5,8-9H,6H2. The molecule has 0 saturated heterocycles. The molecule has 0 N–H and O–H groups in total. The lowest BCUT2D eigenvalue weighted by Crippen LogP contribution is -2.17. The molecule has 14 heavy (non-hydrogen) atoms. The largest absolute Gasteiger partial charge is 0.247 e. The fraction of sp³-hybridized carbons (Fsp3) is 0.333. The Balaban J connectivity index is 2.70. The number of rotatable bonds is 4. The third-order valence-corrected chi connectivity index (χ3v) is 1.78. The average Bonchev–Trinajstić information content (AvgIpc) is 2.18. The highest BCUT2D eigenvalue weighted by molar-refractivity contribution is 5.16. The summed E-state index contributed by atoms with van der Waals surface area (Å²) in [5.74, 6) is 0. The van der Waals surface area contributed by atoms with Gasteiger partial charge in [0.15, 0.2) is 0 Å². The van der Waals surface area contributed by atoms with E-state index in [0.717, 1.165) is 5.56 Å². The molecule has 0 heterocycles. The van der Waals surface area contributed by atoms with Gasteiger partial charge in [-0.2, -0.15) is 0 Å². The van der Waals surface area contributed by atoms with Gasteiger partial charge in [-0.3, -0.25) is 0 Å². The number of azide groups is 1. The number of halogens is 2. The Kier molecular flexibility index (Phi) is 3.88. The predicted molar refractivity (Wildman–Crippen MR) is 49.1 cm³/mol. The molecule has 0 fully saturated rings. The van der Waals surface area contributed by atoms with Gasteiger partial charge in [-0.25, -0.2) is 8.78 Å². The van der Waals surface area contributed by atoms with Crippen molar-refractivity contribution in [3.8, 4) is 0 Å². The van der Waals surface area contributed by atoms with E-state index in [1.807, 2.05) is 0 Å². The quantitative estimate of drug-likeness (QED) is 0.404. The topological polar surface area (TPSA) is 48.8 Å². The van der Waals surface area contributed by atoms with Crippen LogP contribution in [0.2, 0.25) is 0 Å². The molecule has 0 aliphatic carbocycles. The first-order valence-corrected chi connectivity index (χ1v) is 4.10. The summed E-state index contributed by atoms with van der Waals surface area (Å²) >= 11 is 0. The van der Waals surface area contributed by atoms with Gasteiger partial charge in [0.05, 0.1) is 0 Å². The van der Waals surface area contributed by atoms with E-state index >= 15 is 0 Å². The summed E-state index contributed by atoms with van der Waals surface area (Å²) in [6.07, 6.45) is -2.55.